The zero-order valence-corrected chi connectivity index (χ0v) is 12.4. The van der Waals surface area contributed by atoms with E-state index in [2.05, 4.69) is 15.3 Å². The van der Waals surface area contributed by atoms with E-state index < -0.39 is 0 Å². The quantitative estimate of drug-likeness (QED) is 0.917. The molecule has 1 N–H and O–H groups in total. The maximum atomic E-state index is 10.2. The number of aliphatic hydroxyl groups is 1. The minimum atomic E-state index is -0.335. The Labute approximate surface area is 125 Å². The molecule has 0 amide bonds. The van der Waals surface area contributed by atoms with Crippen molar-refractivity contribution in [2.45, 2.75) is 51.7 Å². The fourth-order valence-electron chi connectivity index (χ4n) is 3.14. The normalized spacial score (nSPS) is 17.2. The van der Waals surface area contributed by atoms with Crippen LogP contribution in [-0.2, 0) is 6.54 Å². The first-order valence-electron chi connectivity index (χ1n) is 7.71. The molecule has 21 heavy (non-hydrogen) atoms. The fourth-order valence-corrected chi connectivity index (χ4v) is 3.14. The summed E-state index contributed by atoms with van der Waals surface area (Å²) in [4.78, 5) is 4.17. The highest BCUT2D eigenvalue weighted by Gasteiger charge is 2.19. The van der Waals surface area contributed by atoms with Crippen molar-refractivity contribution in [1.82, 2.24) is 20.0 Å². The monoisotopic (exact) mass is 286 g/mol. The second-order valence-corrected chi connectivity index (χ2v) is 6.12. The second kappa shape index (κ2) is 6.35. The van der Waals surface area contributed by atoms with Crippen molar-refractivity contribution in [2.75, 3.05) is 0 Å². The van der Waals surface area contributed by atoms with E-state index in [4.69, 9.17) is 0 Å². The molecule has 0 spiro atoms. The highest BCUT2D eigenvalue weighted by atomic mass is 16.3. The maximum Gasteiger partial charge on any atom is 0.114 e. The van der Waals surface area contributed by atoms with Crippen LogP contribution in [0.1, 0.15) is 37.7 Å². The SMILES string of the molecule is Cc1cncc(-c2cn(CC(O)CC3CCCC3)nn2)c1. The van der Waals surface area contributed by atoms with E-state index >= 15 is 0 Å². The number of rotatable bonds is 5. The highest BCUT2D eigenvalue weighted by Crippen LogP contribution is 2.28. The smallest absolute Gasteiger partial charge is 0.114 e. The number of aliphatic hydroxyl groups excluding tert-OH is 1. The predicted octanol–water partition coefficient (Wildman–Crippen LogP) is 2.59. The van der Waals surface area contributed by atoms with Gasteiger partial charge in [-0.3, -0.25) is 4.98 Å². The molecule has 5 nitrogen and oxygen atoms in total. The van der Waals surface area contributed by atoms with Crippen LogP contribution >= 0.6 is 0 Å². The van der Waals surface area contributed by atoms with Gasteiger partial charge in [0.05, 0.1) is 18.8 Å². The lowest BCUT2D eigenvalue weighted by Crippen LogP contribution is -2.19. The predicted molar refractivity (Wildman–Crippen MR) is 80.6 cm³/mol. The summed E-state index contributed by atoms with van der Waals surface area (Å²) in [5.41, 5.74) is 2.87. The van der Waals surface area contributed by atoms with Crippen LogP contribution in [0, 0.1) is 12.8 Å². The first-order chi connectivity index (χ1) is 10.2. The van der Waals surface area contributed by atoms with E-state index in [0.29, 0.717) is 12.5 Å². The van der Waals surface area contributed by atoms with Crippen molar-refractivity contribution in [2.24, 2.45) is 5.92 Å². The van der Waals surface area contributed by atoms with Crippen molar-refractivity contribution in [3.63, 3.8) is 0 Å². The van der Waals surface area contributed by atoms with Crippen LogP contribution < -0.4 is 0 Å². The Morgan fingerprint density at radius 3 is 2.90 bits per heavy atom. The Morgan fingerprint density at radius 2 is 2.14 bits per heavy atom. The molecule has 0 aromatic carbocycles. The maximum absolute atomic E-state index is 10.2. The zero-order valence-electron chi connectivity index (χ0n) is 12.4. The summed E-state index contributed by atoms with van der Waals surface area (Å²) in [6.07, 6.45) is 11.2. The first-order valence-corrected chi connectivity index (χ1v) is 7.71. The molecule has 0 radical (unpaired) electrons. The average Bonchev–Trinajstić information content (AvgIpc) is 3.10. The number of aryl methyl sites for hydroxylation is 1. The molecule has 0 bridgehead atoms. The van der Waals surface area contributed by atoms with Crippen LogP contribution in [0.2, 0.25) is 0 Å². The minimum absolute atomic E-state index is 0.335. The summed E-state index contributed by atoms with van der Waals surface area (Å²) in [5, 5.41) is 18.5. The lowest BCUT2D eigenvalue weighted by Gasteiger charge is -2.14. The summed E-state index contributed by atoms with van der Waals surface area (Å²) in [6, 6.07) is 2.04. The van der Waals surface area contributed by atoms with Gasteiger partial charge in [-0.25, -0.2) is 4.68 Å². The topological polar surface area (TPSA) is 63.8 Å². The van der Waals surface area contributed by atoms with Crippen molar-refractivity contribution in [1.29, 1.82) is 0 Å². The standard InChI is InChI=1S/C16H22N4O/c1-12-6-14(9-17-8-12)16-11-20(19-18-16)10-15(21)7-13-4-2-3-5-13/h6,8-9,11,13,15,21H,2-5,7,10H2,1H3. The molecule has 1 fully saturated rings. The molecule has 2 heterocycles. The third-order valence-corrected chi connectivity index (χ3v) is 4.19. The number of nitrogens with zero attached hydrogens (tertiary/aromatic N) is 4. The summed E-state index contributed by atoms with van der Waals surface area (Å²) in [7, 11) is 0. The van der Waals surface area contributed by atoms with Crippen molar-refractivity contribution in [3.8, 4) is 11.3 Å². The van der Waals surface area contributed by atoms with Gasteiger partial charge in [0.2, 0.25) is 0 Å². The summed E-state index contributed by atoms with van der Waals surface area (Å²) < 4.78 is 1.73. The number of hydrogen-bond acceptors (Lipinski definition) is 4. The number of pyridine rings is 1. The van der Waals surface area contributed by atoms with Gasteiger partial charge in [0.15, 0.2) is 0 Å². The molecule has 1 aliphatic rings. The van der Waals surface area contributed by atoms with E-state index in [-0.39, 0.29) is 6.10 Å². The summed E-state index contributed by atoms with van der Waals surface area (Å²) in [5.74, 6) is 0.684. The Morgan fingerprint density at radius 1 is 1.33 bits per heavy atom. The lowest BCUT2D eigenvalue weighted by molar-refractivity contribution is 0.120. The Balaban J connectivity index is 1.62. The van der Waals surface area contributed by atoms with Crippen molar-refractivity contribution < 1.29 is 5.11 Å². The molecular weight excluding hydrogens is 264 g/mol. The third-order valence-electron chi connectivity index (χ3n) is 4.19. The van der Waals surface area contributed by atoms with Crippen LogP contribution in [0.25, 0.3) is 11.3 Å². The fraction of sp³-hybridized carbons (Fsp3) is 0.562. The van der Waals surface area contributed by atoms with Crippen molar-refractivity contribution in [3.05, 3.63) is 30.2 Å². The van der Waals surface area contributed by atoms with E-state index in [9.17, 15) is 5.11 Å². The van der Waals surface area contributed by atoms with Gasteiger partial charge >= 0.3 is 0 Å². The zero-order chi connectivity index (χ0) is 14.7. The molecule has 3 rings (SSSR count). The minimum Gasteiger partial charge on any atom is -0.391 e. The van der Waals surface area contributed by atoms with E-state index in [0.717, 1.165) is 23.2 Å². The second-order valence-electron chi connectivity index (χ2n) is 6.12. The van der Waals surface area contributed by atoms with Gasteiger partial charge in [-0.05, 0) is 30.9 Å². The Kier molecular flexibility index (Phi) is 4.29. The van der Waals surface area contributed by atoms with E-state index in [1.54, 1.807) is 10.9 Å². The summed E-state index contributed by atoms with van der Waals surface area (Å²) >= 11 is 0. The molecule has 0 saturated heterocycles. The molecule has 1 unspecified atom stereocenters. The first kappa shape index (κ1) is 14.2. The van der Waals surface area contributed by atoms with Gasteiger partial charge in [0.1, 0.15) is 5.69 Å². The third kappa shape index (κ3) is 3.67. The van der Waals surface area contributed by atoms with Gasteiger partial charge in [-0.2, -0.15) is 0 Å². The Hall–Kier alpha value is -1.75. The molecule has 2 aromatic rings. The molecule has 112 valence electrons. The molecule has 2 aromatic heterocycles. The van der Waals surface area contributed by atoms with Crippen LogP contribution in [0.3, 0.4) is 0 Å². The van der Waals surface area contributed by atoms with Crippen LogP contribution in [0.5, 0.6) is 0 Å². The molecule has 0 aliphatic heterocycles. The van der Waals surface area contributed by atoms with Gasteiger partial charge < -0.3 is 5.11 Å². The molecule has 1 atom stereocenters. The van der Waals surface area contributed by atoms with Crippen molar-refractivity contribution >= 4 is 0 Å². The van der Waals surface area contributed by atoms with Gasteiger partial charge in [0.25, 0.3) is 0 Å². The summed E-state index contributed by atoms with van der Waals surface area (Å²) in [6.45, 7) is 2.52. The van der Waals surface area contributed by atoms with Crippen LogP contribution in [-0.4, -0.2) is 31.2 Å². The van der Waals surface area contributed by atoms with Gasteiger partial charge in [-0.1, -0.05) is 30.9 Å². The number of hydrogen-bond donors (Lipinski definition) is 1. The Bertz CT molecular complexity index is 589. The molecule has 1 aliphatic carbocycles. The van der Waals surface area contributed by atoms with Crippen LogP contribution in [0.15, 0.2) is 24.7 Å². The van der Waals surface area contributed by atoms with E-state index in [1.807, 2.05) is 25.4 Å². The van der Waals surface area contributed by atoms with Crippen LogP contribution in [0.4, 0.5) is 0 Å². The lowest BCUT2D eigenvalue weighted by atomic mass is 10.0. The highest BCUT2D eigenvalue weighted by molar-refractivity contribution is 5.56. The largest absolute Gasteiger partial charge is 0.391 e. The van der Waals surface area contributed by atoms with E-state index in [1.165, 1.54) is 25.7 Å². The molecular formula is C16H22N4O. The molecule has 1 saturated carbocycles. The van der Waals surface area contributed by atoms with Gasteiger partial charge in [0, 0.05) is 18.0 Å². The average molecular weight is 286 g/mol. The molecule has 5 heteroatoms. The van der Waals surface area contributed by atoms with Gasteiger partial charge in [-0.15, -0.1) is 5.10 Å². The number of aromatic nitrogens is 4.